The van der Waals surface area contributed by atoms with Crippen molar-refractivity contribution in [2.45, 2.75) is 6.92 Å². The molecule has 6 nitrogen and oxygen atoms in total. The summed E-state index contributed by atoms with van der Waals surface area (Å²) in [6, 6.07) is 15.1. The average molecular weight is 352 g/mol. The number of aromatic amines is 1. The van der Waals surface area contributed by atoms with E-state index in [1.165, 1.54) is 0 Å². The highest BCUT2D eigenvalue weighted by Gasteiger charge is 2.40. The fourth-order valence-corrected chi connectivity index (χ4v) is 3.14. The first-order valence-corrected chi connectivity index (χ1v) is 8.13. The van der Waals surface area contributed by atoms with E-state index in [2.05, 4.69) is 25.9 Å². The van der Waals surface area contributed by atoms with Crippen LogP contribution in [0, 0.1) is 5.92 Å². The van der Waals surface area contributed by atoms with E-state index in [0.717, 1.165) is 16.7 Å². The van der Waals surface area contributed by atoms with Gasteiger partial charge in [0.2, 0.25) is 11.7 Å². The van der Waals surface area contributed by atoms with Crippen LogP contribution in [0.15, 0.2) is 54.1 Å². The molecule has 0 aliphatic heterocycles. The van der Waals surface area contributed by atoms with Crippen LogP contribution in [0.25, 0.3) is 17.0 Å². The summed E-state index contributed by atoms with van der Waals surface area (Å²) in [4.78, 5) is 12.7. The molecular weight excluding hydrogens is 338 g/mol. The van der Waals surface area contributed by atoms with Crippen molar-refractivity contribution in [3.8, 4) is 11.4 Å². The van der Waals surface area contributed by atoms with Crippen LogP contribution in [0.3, 0.4) is 0 Å². The molecule has 7 heteroatoms. The Bertz CT molecular complexity index is 966. The van der Waals surface area contributed by atoms with Crippen LogP contribution in [0.5, 0.6) is 0 Å². The third-order valence-electron chi connectivity index (χ3n) is 4.24. The van der Waals surface area contributed by atoms with E-state index in [1.54, 1.807) is 18.2 Å². The van der Waals surface area contributed by atoms with Gasteiger partial charge in [-0.05, 0) is 41.5 Å². The van der Waals surface area contributed by atoms with Gasteiger partial charge in [0.25, 0.3) is 0 Å². The zero-order valence-electron chi connectivity index (χ0n) is 13.3. The number of rotatable bonds is 4. The smallest absolute Gasteiger partial charge is 0.236 e. The molecule has 25 heavy (non-hydrogen) atoms. The number of tetrazole rings is 1. The maximum atomic E-state index is 12.7. The molecule has 0 saturated carbocycles. The molecule has 1 unspecified atom stereocenters. The maximum Gasteiger partial charge on any atom is 0.236 e. The van der Waals surface area contributed by atoms with Crippen LogP contribution >= 0.6 is 11.6 Å². The summed E-state index contributed by atoms with van der Waals surface area (Å²) >= 11 is 6.08. The highest BCUT2D eigenvalue weighted by atomic mass is 35.5. The summed E-state index contributed by atoms with van der Waals surface area (Å²) in [5.74, 6) is 0.0820. The van der Waals surface area contributed by atoms with E-state index >= 15 is 0 Å². The van der Waals surface area contributed by atoms with Gasteiger partial charge in [-0.25, -0.2) is 0 Å². The minimum atomic E-state index is -0.223. The standard InChI is InChI=1S/C18H14ClN5O/c1-10-15(11-5-3-2-4-6-11)16(10)18(25)20-14-9-12(19)7-8-13(14)17-21-23-24-22-17/h2-9,16H,1H3,(H,20,25)(H,21,22,23,24). The SMILES string of the molecule is CC1=C(c2ccccc2)C1C(=O)Nc1cc(Cl)ccc1-c1nn[nH]n1. The number of benzene rings is 2. The summed E-state index contributed by atoms with van der Waals surface area (Å²) in [7, 11) is 0. The number of carbonyl (C=O) groups is 1. The molecule has 1 aliphatic rings. The molecule has 124 valence electrons. The number of carbonyl (C=O) groups excluding carboxylic acids is 1. The molecule has 4 rings (SSSR count). The second-order valence-electron chi connectivity index (χ2n) is 5.81. The van der Waals surface area contributed by atoms with Gasteiger partial charge in [0.15, 0.2) is 0 Å². The quantitative estimate of drug-likeness (QED) is 0.752. The Morgan fingerprint density at radius 1 is 1.20 bits per heavy atom. The van der Waals surface area contributed by atoms with Crippen molar-refractivity contribution < 1.29 is 4.79 Å². The highest BCUT2D eigenvalue weighted by molar-refractivity contribution is 6.31. The number of anilines is 1. The number of halogens is 1. The zero-order chi connectivity index (χ0) is 17.4. The number of hydrogen-bond donors (Lipinski definition) is 2. The van der Waals surface area contributed by atoms with Crippen LogP contribution in [0.4, 0.5) is 5.69 Å². The Kier molecular flexibility index (Phi) is 3.82. The number of aromatic nitrogens is 4. The minimum absolute atomic E-state index is 0.0941. The topological polar surface area (TPSA) is 83.6 Å². The fraction of sp³-hybridized carbons (Fsp3) is 0.111. The highest BCUT2D eigenvalue weighted by Crippen LogP contribution is 2.47. The van der Waals surface area contributed by atoms with Crippen LogP contribution in [-0.4, -0.2) is 26.5 Å². The van der Waals surface area contributed by atoms with Crippen LogP contribution in [0.1, 0.15) is 12.5 Å². The minimum Gasteiger partial charge on any atom is -0.325 e. The largest absolute Gasteiger partial charge is 0.325 e. The van der Waals surface area contributed by atoms with E-state index in [0.29, 0.717) is 22.1 Å². The number of nitrogens with one attached hydrogen (secondary N) is 2. The molecule has 1 amide bonds. The molecule has 1 aromatic heterocycles. The van der Waals surface area contributed by atoms with Gasteiger partial charge in [-0.3, -0.25) is 4.79 Å². The third-order valence-corrected chi connectivity index (χ3v) is 4.47. The first-order chi connectivity index (χ1) is 12.1. The van der Waals surface area contributed by atoms with Gasteiger partial charge in [-0.15, -0.1) is 10.2 Å². The Morgan fingerprint density at radius 2 is 2.00 bits per heavy atom. The summed E-state index contributed by atoms with van der Waals surface area (Å²) in [6.45, 7) is 1.98. The van der Waals surface area contributed by atoms with Gasteiger partial charge in [0.05, 0.1) is 11.6 Å². The van der Waals surface area contributed by atoms with E-state index in [1.807, 2.05) is 37.3 Å². The van der Waals surface area contributed by atoms with Gasteiger partial charge in [0.1, 0.15) is 0 Å². The summed E-state index contributed by atoms with van der Waals surface area (Å²) in [5.41, 5.74) is 4.44. The molecule has 2 aromatic carbocycles. The molecular formula is C18H14ClN5O. The molecule has 1 aliphatic carbocycles. The van der Waals surface area contributed by atoms with Crippen molar-refractivity contribution in [1.29, 1.82) is 0 Å². The van der Waals surface area contributed by atoms with Gasteiger partial charge in [-0.2, -0.15) is 5.21 Å². The zero-order valence-corrected chi connectivity index (χ0v) is 14.1. The summed E-state index contributed by atoms with van der Waals surface area (Å²) in [6.07, 6.45) is 0. The molecule has 1 heterocycles. The molecule has 0 fully saturated rings. The van der Waals surface area contributed by atoms with E-state index < -0.39 is 0 Å². The van der Waals surface area contributed by atoms with Crippen molar-refractivity contribution >= 4 is 28.8 Å². The number of nitrogens with zero attached hydrogens (tertiary/aromatic N) is 3. The molecule has 1 atom stereocenters. The fourth-order valence-electron chi connectivity index (χ4n) is 2.97. The molecule has 0 saturated heterocycles. The second-order valence-corrected chi connectivity index (χ2v) is 6.25. The number of H-pyrrole nitrogens is 1. The second kappa shape index (κ2) is 6.14. The van der Waals surface area contributed by atoms with Crippen molar-refractivity contribution in [3.05, 3.63) is 64.7 Å². The van der Waals surface area contributed by atoms with Crippen molar-refractivity contribution in [2.24, 2.45) is 5.92 Å². The molecule has 0 spiro atoms. The summed E-state index contributed by atoms with van der Waals surface area (Å²) in [5, 5.41) is 17.4. The normalized spacial score (nSPS) is 16.0. The Labute approximate surface area is 148 Å². The lowest BCUT2D eigenvalue weighted by atomic mass is 10.1. The van der Waals surface area contributed by atoms with Crippen molar-refractivity contribution in [1.82, 2.24) is 20.6 Å². The number of amides is 1. The van der Waals surface area contributed by atoms with Crippen LogP contribution < -0.4 is 5.32 Å². The molecule has 0 bridgehead atoms. The third kappa shape index (κ3) is 2.92. The lowest BCUT2D eigenvalue weighted by molar-refractivity contribution is -0.116. The van der Waals surface area contributed by atoms with Crippen molar-refractivity contribution in [3.63, 3.8) is 0 Å². The van der Waals surface area contributed by atoms with Crippen molar-refractivity contribution in [2.75, 3.05) is 5.32 Å². The molecule has 2 N–H and O–H groups in total. The van der Waals surface area contributed by atoms with Gasteiger partial charge >= 0.3 is 0 Å². The van der Waals surface area contributed by atoms with E-state index in [9.17, 15) is 4.79 Å². The van der Waals surface area contributed by atoms with E-state index in [-0.39, 0.29) is 11.8 Å². The lowest BCUT2D eigenvalue weighted by Gasteiger charge is -2.10. The maximum absolute atomic E-state index is 12.7. The van der Waals surface area contributed by atoms with E-state index in [4.69, 9.17) is 11.6 Å². The predicted molar refractivity (Wildman–Crippen MR) is 95.8 cm³/mol. The first kappa shape index (κ1) is 15.5. The lowest BCUT2D eigenvalue weighted by Crippen LogP contribution is -2.16. The average Bonchev–Trinajstić information content (AvgIpc) is 3.03. The predicted octanol–water partition coefficient (Wildman–Crippen LogP) is 3.56. The Balaban J connectivity index is 1.58. The first-order valence-electron chi connectivity index (χ1n) is 7.75. The summed E-state index contributed by atoms with van der Waals surface area (Å²) < 4.78 is 0. The number of hydrogen-bond acceptors (Lipinski definition) is 4. The van der Waals surface area contributed by atoms with Crippen LogP contribution in [-0.2, 0) is 4.79 Å². The monoisotopic (exact) mass is 351 g/mol. The van der Waals surface area contributed by atoms with Gasteiger partial charge in [-0.1, -0.05) is 47.5 Å². The van der Waals surface area contributed by atoms with Gasteiger partial charge < -0.3 is 5.32 Å². The molecule has 0 radical (unpaired) electrons. The van der Waals surface area contributed by atoms with Crippen LogP contribution in [0.2, 0.25) is 5.02 Å². The Morgan fingerprint density at radius 3 is 2.72 bits per heavy atom. The molecule has 3 aromatic rings. The van der Waals surface area contributed by atoms with Gasteiger partial charge in [0, 0.05) is 10.6 Å². The Hall–Kier alpha value is -2.99.